The molecule has 0 radical (unpaired) electrons. The van der Waals surface area contributed by atoms with Crippen LogP contribution in [0.3, 0.4) is 0 Å². The highest BCUT2D eigenvalue weighted by Gasteiger charge is 2.31. The van der Waals surface area contributed by atoms with Crippen LogP contribution >= 0.6 is 12.2 Å². The molecule has 0 atom stereocenters. The van der Waals surface area contributed by atoms with Gasteiger partial charge in [-0.15, -0.1) is 0 Å². The first-order valence-corrected chi connectivity index (χ1v) is 7.99. The van der Waals surface area contributed by atoms with Crippen molar-refractivity contribution in [1.29, 1.82) is 0 Å². The maximum Gasteiger partial charge on any atom is 0.281 e. The lowest BCUT2D eigenvalue weighted by Crippen LogP contribution is -2.30. The second kappa shape index (κ2) is 6.34. The fourth-order valence-corrected chi connectivity index (χ4v) is 2.79. The minimum atomic E-state index is -0.130. The first kappa shape index (κ1) is 15.4. The van der Waals surface area contributed by atoms with Crippen molar-refractivity contribution in [3.63, 3.8) is 0 Å². The van der Waals surface area contributed by atoms with Crippen LogP contribution < -0.4 is 10.2 Å². The zero-order valence-corrected chi connectivity index (χ0v) is 13.9. The molecule has 2 aromatic rings. The van der Waals surface area contributed by atoms with Crippen molar-refractivity contribution in [2.45, 2.75) is 19.8 Å². The van der Waals surface area contributed by atoms with Crippen LogP contribution in [0.2, 0.25) is 0 Å². The molecule has 1 amide bonds. The van der Waals surface area contributed by atoms with Gasteiger partial charge in [0.25, 0.3) is 5.91 Å². The summed E-state index contributed by atoms with van der Waals surface area (Å²) in [4.78, 5) is 14.1. The van der Waals surface area contributed by atoms with Gasteiger partial charge in [-0.3, -0.25) is 9.69 Å². The van der Waals surface area contributed by atoms with Gasteiger partial charge in [-0.05, 0) is 47.5 Å². The summed E-state index contributed by atoms with van der Waals surface area (Å²) in [6.07, 6.45) is 1.84. The van der Waals surface area contributed by atoms with E-state index in [9.17, 15) is 4.79 Å². The quantitative estimate of drug-likeness (QED) is 0.683. The predicted octanol–water partition coefficient (Wildman–Crippen LogP) is 4.07. The number of thiocarbonyl (C=S) groups is 1. The van der Waals surface area contributed by atoms with Crippen molar-refractivity contribution in [2.24, 2.45) is 0 Å². The standard InChI is InChI=1S/C19H18N2OS/c1-13(2)15-10-8-14(9-11-15)12-17-18(22)21(19(23)20-17)16-6-4-3-5-7-16/h3-13H,1-2H3,(H,20,23). The highest BCUT2D eigenvalue weighted by Crippen LogP contribution is 2.22. The number of benzene rings is 2. The molecule has 0 saturated carbocycles. The Balaban J connectivity index is 1.87. The number of nitrogens with one attached hydrogen (secondary N) is 1. The molecular weight excluding hydrogens is 304 g/mol. The van der Waals surface area contributed by atoms with E-state index in [1.807, 2.05) is 48.5 Å². The molecular formula is C19H18N2OS. The Morgan fingerprint density at radius 1 is 1.04 bits per heavy atom. The van der Waals surface area contributed by atoms with Crippen molar-refractivity contribution in [3.05, 3.63) is 71.4 Å². The average molecular weight is 322 g/mol. The summed E-state index contributed by atoms with van der Waals surface area (Å²) in [6, 6.07) is 17.6. The van der Waals surface area contributed by atoms with Crippen molar-refractivity contribution >= 4 is 35.0 Å². The minimum absolute atomic E-state index is 0.130. The van der Waals surface area contributed by atoms with E-state index in [2.05, 4.69) is 31.3 Å². The van der Waals surface area contributed by atoms with Crippen LogP contribution in [0.4, 0.5) is 5.69 Å². The SMILES string of the molecule is CC(C)c1ccc(C=C2NC(=S)N(c3ccccc3)C2=O)cc1. The van der Waals surface area contributed by atoms with E-state index in [1.165, 1.54) is 10.5 Å². The van der Waals surface area contributed by atoms with Crippen LogP contribution in [0.25, 0.3) is 6.08 Å². The highest BCUT2D eigenvalue weighted by molar-refractivity contribution is 7.80. The minimum Gasteiger partial charge on any atom is -0.327 e. The summed E-state index contributed by atoms with van der Waals surface area (Å²) in [5.41, 5.74) is 3.52. The van der Waals surface area contributed by atoms with Crippen LogP contribution in [0.15, 0.2) is 60.3 Å². The van der Waals surface area contributed by atoms with E-state index in [1.54, 1.807) is 0 Å². The molecule has 0 unspecified atom stereocenters. The number of para-hydroxylation sites is 1. The summed E-state index contributed by atoms with van der Waals surface area (Å²) in [5.74, 6) is 0.359. The van der Waals surface area contributed by atoms with E-state index in [4.69, 9.17) is 12.2 Å². The van der Waals surface area contributed by atoms with Gasteiger partial charge in [0.2, 0.25) is 0 Å². The molecule has 1 aliphatic heterocycles. The molecule has 3 nitrogen and oxygen atoms in total. The number of carbonyl (C=O) groups excluding carboxylic acids is 1. The maximum atomic E-state index is 12.6. The monoisotopic (exact) mass is 322 g/mol. The molecule has 3 rings (SSSR count). The Morgan fingerprint density at radius 3 is 2.30 bits per heavy atom. The number of anilines is 1. The Kier molecular flexibility index (Phi) is 4.26. The number of nitrogens with zero attached hydrogens (tertiary/aromatic N) is 1. The fourth-order valence-electron chi connectivity index (χ4n) is 2.49. The van der Waals surface area contributed by atoms with Gasteiger partial charge in [-0.2, -0.15) is 0 Å². The summed E-state index contributed by atoms with van der Waals surface area (Å²) in [6.45, 7) is 4.32. The maximum absolute atomic E-state index is 12.6. The second-order valence-electron chi connectivity index (χ2n) is 5.79. The predicted molar refractivity (Wildman–Crippen MR) is 98.2 cm³/mol. The van der Waals surface area contributed by atoms with Crippen molar-refractivity contribution in [2.75, 3.05) is 4.90 Å². The van der Waals surface area contributed by atoms with Crippen LogP contribution in [0.1, 0.15) is 30.9 Å². The number of hydrogen-bond acceptors (Lipinski definition) is 2. The van der Waals surface area contributed by atoms with Gasteiger partial charge in [0.1, 0.15) is 5.70 Å². The molecule has 1 N–H and O–H groups in total. The lowest BCUT2D eigenvalue weighted by Gasteiger charge is -2.13. The Morgan fingerprint density at radius 2 is 1.70 bits per heavy atom. The molecule has 0 bridgehead atoms. The van der Waals surface area contributed by atoms with E-state index >= 15 is 0 Å². The molecule has 1 fully saturated rings. The first-order chi connectivity index (χ1) is 11.1. The molecule has 4 heteroatoms. The molecule has 23 heavy (non-hydrogen) atoms. The van der Waals surface area contributed by atoms with Crippen molar-refractivity contribution in [1.82, 2.24) is 5.32 Å². The third kappa shape index (κ3) is 3.17. The van der Waals surface area contributed by atoms with Gasteiger partial charge in [-0.1, -0.05) is 56.3 Å². The lowest BCUT2D eigenvalue weighted by molar-refractivity contribution is -0.113. The molecule has 1 heterocycles. The van der Waals surface area contributed by atoms with E-state index in [0.29, 0.717) is 16.7 Å². The Hall–Kier alpha value is -2.46. The Bertz CT molecular complexity index is 764. The van der Waals surface area contributed by atoms with E-state index < -0.39 is 0 Å². The van der Waals surface area contributed by atoms with Gasteiger partial charge in [0, 0.05) is 0 Å². The lowest BCUT2D eigenvalue weighted by atomic mass is 10.0. The topological polar surface area (TPSA) is 32.3 Å². The number of carbonyl (C=O) groups is 1. The molecule has 116 valence electrons. The van der Waals surface area contributed by atoms with Gasteiger partial charge in [0.15, 0.2) is 5.11 Å². The van der Waals surface area contributed by atoms with Crippen molar-refractivity contribution in [3.8, 4) is 0 Å². The number of amides is 1. The summed E-state index contributed by atoms with van der Waals surface area (Å²) in [5, 5.41) is 3.42. The molecule has 1 saturated heterocycles. The Labute approximate surface area is 141 Å². The third-order valence-corrected chi connectivity index (χ3v) is 4.09. The summed E-state index contributed by atoms with van der Waals surface area (Å²) >= 11 is 5.30. The molecule has 0 aliphatic carbocycles. The molecule has 2 aromatic carbocycles. The second-order valence-corrected chi connectivity index (χ2v) is 6.17. The van der Waals surface area contributed by atoms with Crippen molar-refractivity contribution < 1.29 is 4.79 Å². The number of hydrogen-bond donors (Lipinski definition) is 1. The first-order valence-electron chi connectivity index (χ1n) is 7.58. The molecule has 0 spiro atoms. The van der Waals surface area contributed by atoms with Gasteiger partial charge >= 0.3 is 0 Å². The zero-order chi connectivity index (χ0) is 16.4. The highest BCUT2D eigenvalue weighted by atomic mass is 32.1. The van der Waals surface area contributed by atoms with Crippen LogP contribution in [0, 0.1) is 0 Å². The number of rotatable bonds is 3. The third-order valence-electron chi connectivity index (χ3n) is 3.81. The zero-order valence-electron chi connectivity index (χ0n) is 13.1. The molecule has 0 aromatic heterocycles. The molecule has 1 aliphatic rings. The smallest absolute Gasteiger partial charge is 0.281 e. The van der Waals surface area contributed by atoms with Gasteiger partial charge < -0.3 is 5.32 Å². The summed E-state index contributed by atoms with van der Waals surface area (Å²) in [7, 11) is 0. The largest absolute Gasteiger partial charge is 0.327 e. The van der Waals surface area contributed by atoms with E-state index in [-0.39, 0.29) is 5.91 Å². The normalized spacial score (nSPS) is 16.3. The van der Waals surface area contributed by atoms with Gasteiger partial charge in [-0.25, -0.2) is 0 Å². The van der Waals surface area contributed by atoms with Gasteiger partial charge in [0.05, 0.1) is 5.69 Å². The van der Waals surface area contributed by atoms with E-state index in [0.717, 1.165) is 11.3 Å². The summed E-state index contributed by atoms with van der Waals surface area (Å²) < 4.78 is 0. The van der Waals surface area contributed by atoms with Crippen LogP contribution in [-0.4, -0.2) is 11.0 Å². The average Bonchev–Trinajstić information content (AvgIpc) is 2.82. The van der Waals surface area contributed by atoms with Crippen LogP contribution in [0.5, 0.6) is 0 Å². The fraction of sp³-hybridized carbons (Fsp3) is 0.158. The van der Waals surface area contributed by atoms with Crippen LogP contribution in [-0.2, 0) is 4.79 Å².